The molecule has 1 aromatic carbocycles. The lowest BCUT2D eigenvalue weighted by Crippen LogP contribution is -2.28. The number of hydrogen-bond acceptors (Lipinski definition) is 2. The maximum Gasteiger partial charge on any atom is 0.306 e. The van der Waals surface area contributed by atoms with Gasteiger partial charge in [0, 0.05) is 6.54 Å². The lowest BCUT2D eigenvalue weighted by molar-refractivity contribution is -0.142. The van der Waals surface area contributed by atoms with Crippen LogP contribution in [0.5, 0.6) is 0 Å². The first-order chi connectivity index (χ1) is 9.74. The Balaban J connectivity index is 1.46. The molecule has 2 aliphatic carbocycles. The van der Waals surface area contributed by atoms with Crippen molar-refractivity contribution in [2.24, 2.45) is 11.8 Å². The van der Waals surface area contributed by atoms with E-state index in [4.69, 9.17) is 5.11 Å². The van der Waals surface area contributed by atoms with Gasteiger partial charge in [0.2, 0.25) is 0 Å². The number of aliphatic carboxylic acids is 1. The number of hydrogen-bond donors (Lipinski definition) is 2. The molecule has 2 unspecified atom stereocenters. The van der Waals surface area contributed by atoms with E-state index in [1.807, 2.05) is 0 Å². The normalized spacial score (nSPS) is 25.8. The van der Waals surface area contributed by atoms with E-state index in [2.05, 4.69) is 29.6 Å². The third kappa shape index (κ3) is 3.21. The van der Waals surface area contributed by atoms with Crippen LogP contribution in [-0.2, 0) is 11.3 Å². The Morgan fingerprint density at radius 1 is 1.15 bits per heavy atom. The summed E-state index contributed by atoms with van der Waals surface area (Å²) in [6, 6.07) is 8.88. The van der Waals surface area contributed by atoms with Gasteiger partial charge < -0.3 is 10.4 Å². The molecule has 0 radical (unpaired) electrons. The predicted octanol–water partition coefficient (Wildman–Crippen LogP) is 3.15. The van der Waals surface area contributed by atoms with Crippen molar-refractivity contribution in [2.45, 2.75) is 44.6 Å². The van der Waals surface area contributed by atoms with Gasteiger partial charge in [-0.05, 0) is 55.2 Å². The van der Waals surface area contributed by atoms with Crippen molar-refractivity contribution >= 4 is 5.97 Å². The van der Waals surface area contributed by atoms with Gasteiger partial charge in [-0.3, -0.25) is 4.79 Å². The molecule has 0 spiro atoms. The summed E-state index contributed by atoms with van der Waals surface area (Å²) in [5.74, 6) is 0.355. The van der Waals surface area contributed by atoms with Gasteiger partial charge in [-0.15, -0.1) is 0 Å². The van der Waals surface area contributed by atoms with Crippen LogP contribution in [0.3, 0.4) is 0 Å². The number of carboxylic acids is 1. The molecule has 2 atom stereocenters. The number of benzene rings is 1. The molecule has 0 aromatic heterocycles. The number of nitrogens with one attached hydrogen (secondary N) is 1. The number of rotatable bonds is 6. The van der Waals surface area contributed by atoms with E-state index in [1.165, 1.54) is 24.0 Å². The van der Waals surface area contributed by atoms with E-state index in [0.717, 1.165) is 38.3 Å². The SMILES string of the molecule is O=C(O)C1CCCC1CNCc1ccc(C2CC2)cc1. The van der Waals surface area contributed by atoms with Gasteiger partial charge in [0.15, 0.2) is 0 Å². The zero-order valence-electron chi connectivity index (χ0n) is 11.8. The minimum absolute atomic E-state index is 0.139. The zero-order chi connectivity index (χ0) is 13.9. The molecule has 0 bridgehead atoms. The van der Waals surface area contributed by atoms with E-state index in [0.29, 0.717) is 5.92 Å². The third-order valence-corrected chi connectivity index (χ3v) is 4.74. The first-order valence-electron chi connectivity index (χ1n) is 7.76. The van der Waals surface area contributed by atoms with Gasteiger partial charge in [0.1, 0.15) is 0 Å². The fourth-order valence-electron chi connectivity index (χ4n) is 3.33. The Hall–Kier alpha value is -1.35. The van der Waals surface area contributed by atoms with Crippen molar-refractivity contribution < 1.29 is 9.90 Å². The molecule has 0 saturated heterocycles. The van der Waals surface area contributed by atoms with Crippen molar-refractivity contribution in [3.05, 3.63) is 35.4 Å². The Kier molecular flexibility index (Phi) is 4.06. The average Bonchev–Trinajstić information content (AvgIpc) is 3.18. The van der Waals surface area contributed by atoms with Crippen LogP contribution in [0.2, 0.25) is 0 Å². The Morgan fingerprint density at radius 2 is 1.90 bits per heavy atom. The van der Waals surface area contributed by atoms with Crippen LogP contribution < -0.4 is 5.32 Å². The first kappa shape index (κ1) is 13.6. The van der Waals surface area contributed by atoms with Crippen molar-refractivity contribution in [1.82, 2.24) is 5.32 Å². The molecule has 1 aromatic rings. The van der Waals surface area contributed by atoms with E-state index in [1.54, 1.807) is 0 Å². The molecular formula is C17H23NO2. The molecule has 0 heterocycles. The molecule has 0 amide bonds. The molecule has 0 aliphatic heterocycles. The van der Waals surface area contributed by atoms with E-state index in [9.17, 15) is 4.79 Å². The molecule has 3 rings (SSSR count). The van der Waals surface area contributed by atoms with Gasteiger partial charge in [-0.1, -0.05) is 30.7 Å². The van der Waals surface area contributed by atoms with Crippen molar-refractivity contribution in [1.29, 1.82) is 0 Å². The lowest BCUT2D eigenvalue weighted by atomic mass is 9.96. The van der Waals surface area contributed by atoms with E-state index >= 15 is 0 Å². The van der Waals surface area contributed by atoms with Gasteiger partial charge >= 0.3 is 5.97 Å². The highest BCUT2D eigenvalue weighted by atomic mass is 16.4. The summed E-state index contributed by atoms with van der Waals surface area (Å²) in [7, 11) is 0. The quantitative estimate of drug-likeness (QED) is 0.837. The molecule has 108 valence electrons. The maximum atomic E-state index is 11.1. The highest BCUT2D eigenvalue weighted by molar-refractivity contribution is 5.70. The predicted molar refractivity (Wildman–Crippen MR) is 78.6 cm³/mol. The summed E-state index contributed by atoms with van der Waals surface area (Å²) >= 11 is 0. The largest absolute Gasteiger partial charge is 0.481 e. The highest BCUT2D eigenvalue weighted by Gasteiger charge is 2.32. The van der Waals surface area contributed by atoms with Crippen LogP contribution in [0.1, 0.15) is 49.1 Å². The minimum atomic E-state index is -0.622. The van der Waals surface area contributed by atoms with E-state index < -0.39 is 5.97 Å². The zero-order valence-corrected chi connectivity index (χ0v) is 11.8. The van der Waals surface area contributed by atoms with Crippen LogP contribution in [0.25, 0.3) is 0 Å². The van der Waals surface area contributed by atoms with Crippen molar-refractivity contribution in [3.8, 4) is 0 Å². The third-order valence-electron chi connectivity index (χ3n) is 4.74. The Bertz CT molecular complexity index is 464. The van der Waals surface area contributed by atoms with Crippen LogP contribution in [-0.4, -0.2) is 17.6 Å². The van der Waals surface area contributed by atoms with Gasteiger partial charge in [0.05, 0.1) is 5.92 Å². The average molecular weight is 273 g/mol. The standard InChI is InChI=1S/C17H23NO2/c19-17(20)16-3-1-2-15(16)11-18-10-12-4-6-13(7-5-12)14-8-9-14/h4-7,14-16,18H,1-3,8-11H2,(H,19,20). The van der Waals surface area contributed by atoms with Crippen LogP contribution >= 0.6 is 0 Å². The summed E-state index contributed by atoms with van der Waals surface area (Å²) in [5, 5.41) is 12.6. The van der Waals surface area contributed by atoms with E-state index in [-0.39, 0.29) is 5.92 Å². The lowest BCUT2D eigenvalue weighted by Gasteiger charge is -2.16. The fraction of sp³-hybridized carbons (Fsp3) is 0.588. The molecule has 2 aliphatic rings. The second-order valence-corrected chi connectivity index (χ2v) is 6.28. The molecule has 20 heavy (non-hydrogen) atoms. The minimum Gasteiger partial charge on any atom is -0.481 e. The second-order valence-electron chi connectivity index (χ2n) is 6.28. The molecule has 2 saturated carbocycles. The molecule has 2 N–H and O–H groups in total. The summed E-state index contributed by atoms with van der Waals surface area (Å²) in [6.07, 6.45) is 5.63. The van der Waals surface area contributed by atoms with Gasteiger partial charge in [-0.25, -0.2) is 0 Å². The Morgan fingerprint density at radius 3 is 2.55 bits per heavy atom. The Labute approximate surface area is 120 Å². The summed E-state index contributed by atoms with van der Waals surface area (Å²) in [4.78, 5) is 11.1. The van der Waals surface area contributed by atoms with Crippen LogP contribution in [0.15, 0.2) is 24.3 Å². The van der Waals surface area contributed by atoms with Gasteiger partial charge in [0.25, 0.3) is 0 Å². The molecule has 3 heteroatoms. The molecule has 2 fully saturated rings. The summed E-state index contributed by atoms with van der Waals surface area (Å²) in [5.41, 5.74) is 2.76. The monoisotopic (exact) mass is 273 g/mol. The second kappa shape index (κ2) is 5.96. The van der Waals surface area contributed by atoms with Crippen molar-refractivity contribution in [2.75, 3.05) is 6.54 Å². The topological polar surface area (TPSA) is 49.3 Å². The first-order valence-corrected chi connectivity index (χ1v) is 7.76. The summed E-state index contributed by atoms with van der Waals surface area (Å²) < 4.78 is 0. The smallest absolute Gasteiger partial charge is 0.306 e. The molecular weight excluding hydrogens is 250 g/mol. The van der Waals surface area contributed by atoms with Crippen molar-refractivity contribution in [3.63, 3.8) is 0 Å². The van der Waals surface area contributed by atoms with Crippen LogP contribution in [0, 0.1) is 11.8 Å². The summed E-state index contributed by atoms with van der Waals surface area (Å²) in [6.45, 7) is 1.66. The highest BCUT2D eigenvalue weighted by Crippen LogP contribution is 2.39. The maximum absolute atomic E-state index is 11.1. The number of carboxylic acid groups (broad SMARTS) is 1. The number of carbonyl (C=O) groups is 1. The fourth-order valence-corrected chi connectivity index (χ4v) is 3.33. The van der Waals surface area contributed by atoms with Gasteiger partial charge in [-0.2, -0.15) is 0 Å². The van der Waals surface area contributed by atoms with Crippen LogP contribution in [0.4, 0.5) is 0 Å². The molecule has 3 nitrogen and oxygen atoms in total.